The summed E-state index contributed by atoms with van der Waals surface area (Å²) in [5.41, 5.74) is 1.04. The first-order valence-corrected chi connectivity index (χ1v) is 10.2. The Labute approximate surface area is 131 Å². The monoisotopic (exact) mass is 336 g/mol. The topological polar surface area (TPSA) is 49.4 Å². The van der Waals surface area contributed by atoms with Crippen LogP contribution in [-0.2, 0) is 16.6 Å². The number of hydrogen-bond donors (Lipinski definition) is 1. The van der Waals surface area contributed by atoms with Crippen LogP contribution >= 0.6 is 23.1 Å². The SMILES string of the molecule is CNCc1sc(S(=O)(=O)N(C)C(C)CCSC)cc1C. The molecular formula is C13H24N2O2S3. The first-order valence-electron chi connectivity index (χ1n) is 6.55. The minimum Gasteiger partial charge on any atom is -0.315 e. The Morgan fingerprint density at radius 2 is 2.15 bits per heavy atom. The molecule has 1 heterocycles. The number of nitrogens with one attached hydrogen (secondary N) is 1. The zero-order chi connectivity index (χ0) is 15.3. The van der Waals surface area contributed by atoms with Crippen LogP contribution < -0.4 is 5.32 Å². The molecule has 0 spiro atoms. The van der Waals surface area contributed by atoms with E-state index < -0.39 is 10.0 Å². The lowest BCUT2D eigenvalue weighted by atomic mass is 10.3. The average Bonchev–Trinajstić information content (AvgIpc) is 2.77. The largest absolute Gasteiger partial charge is 0.315 e. The van der Waals surface area contributed by atoms with E-state index in [4.69, 9.17) is 0 Å². The van der Waals surface area contributed by atoms with Crippen LogP contribution in [0.15, 0.2) is 10.3 Å². The minimum absolute atomic E-state index is 0.0163. The van der Waals surface area contributed by atoms with Crippen LogP contribution in [0.1, 0.15) is 23.8 Å². The fourth-order valence-corrected chi connectivity index (χ4v) is 5.56. The molecular weight excluding hydrogens is 312 g/mol. The molecule has 0 fully saturated rings. The molecule has 0 saturated carbocycles. The van der Waals surface area contributed by atoms with Crippen molar-refractivity contribution in [3.05, 3.63) is 16.5 Å². The zero-order valence-corrected chi connectivity index (χ0v) is 15.2. The molecule has 0 amide bonds. The molecule has 0 saturated heterocycles. The van der Waals surface area contributed by atoms with E-state index in [1.165, 1.54) is 15.6 Å². The maximum Gasteiger partial charge on any atom is 0.252 e. The third kappa shape index (κ3) is 4.21. The molecule has 0 aliphatic rings. The number of hydrogen-bond acceptors (Lipinski definition) is 5. The van der Waals surface area contributed by atoms with E-state index in [0.717, 1.165) is 22.6 Å². The molecule has 0 aliphatic carbocycles. The molecule has 1 unspecified atom stereocenters. The van der Waals surface area contributed by atoms with Crippen molar-refractivity contribution in [2.75, 3.05) is 26.1 Å². The van der Waals surface area contributed by atoms with E-state index in [2.05, 4.69) is 5.32 Å². The zero-order valence-electron chi connectivity index (χ0n) is 12.8. The summed E-state index contributed by atoms with van der Waals surface area (Å²) in [5, 5.41) is 3.07. The quantitative estimate of drug-likeness (QED) is 0.792. The summed E-state index contributed by atoms with van der Waals surface area (Å²) in [4.78, 5) is 1.08. The van der Waals surface area contributed by atoms with Gasteiger partial charge >= 0.3 is 0 Å². The Morgan fingerprint density at radius 1 is 1.50 bits per heavy atom. The number of sulfonamides is 1. The summed E-state index contributed by atoms with van der Waals surface area (Å²) in [6.45, 7) is 4.62. The highest BCUT2D eigenvalue weighted by molar-refractivity contribution is 7.98. The van der Waals surface area contributed by atoms with Gasteiger partial charge in [0.05, 0.1) is 0 Å². The van der Waals surface area contributed by atoms with Gasteiger partial charge in [-0.3, -0.25) is 0 Å². The van der Waals surface area contributed by atoms with Crippen LogP contribution in [0.3, 0.4) is 0 Å². The molecule has 1 atom stereocenters. The molecule has 1 aromatic heterocycles. The molecule has 0 aromatic carbocycles. The highest BCUT2D eigenvalue weighted by Crippen LogP contribution is 2.29. The van der Waals surface area contributed by atoms with E-state index in [1.807, 2.05) is 27.2 Å². The molecule has 1 N–H and O–H groups in total. The molecule has 4 nitrogen and oxygen atoms in total. The second kappa shape index (κ2) is 7.79. The summed E-state index contributed by atoms with van der Waals surface area (Å²) in [7, 11) is 0.165. The highest BCUT2D eigenvalue weighted by Gasteiger charge is 2.27. The number of nitrogens with zero attached hydrogens (tertiary/aromatic N) is 1. The summed E-state index contributed by atoms with van der Waals surface area (Å²) < 4.78 is 27.2. The first kappa shape index (κ1) is 18.0. The van der Waals surface area contributed by atoms with Gasteiger partial charge in [-0.05, 0) is 51.0 Å². The van der Waals surface area contributed by atoms with E-state index in [1.54, 1.807) is 24.9 Å². The van der Waals surface area contributed by atoms with Crippen molar-refractivity contribution in [2.24, 2.45) is 0 Å². The molecule has 20 heavy (non-hydrogen) atoms. The van der Waals surface area contributed by atoms with Gasteiger partial charge in [-0.2, -0.15) is 16.1 Å². The van der Waals surface area contributed by atoms with Crippen molar-refractivity contribution in [1.82, 2.24) is 9.62 Å². The van der Waals surface area contributed by atoms with E-state index in [-0.39, 0.29) is 6.04 Å². The van der Waals surface area contributed by atoms with Crippen molar-refractivity contribution >= 4 is 33.1 Å². The third-order valence-corrected chi connectivity index (χ3v) is 7.63. The predicted octanol–water partition coefficient (Wildman–Crippen LogP) is 2.54. The Bertz CT molecular complexity index is 526. The number of aryl methyl sites for hydroxylation is 1. The van der Waals surface area contributed by atoms with Gasteiger partial charge in [-0.1, -0.05) is 0 Å². The molecule has 0 bridgehead atoms. The van der Waals surface area contributed by atoms with Crippen molar-refractivity contribution in [3.8, 4) is 0 Å². The van der Waals surface area contributed by atoms with E-state index in [9.17, 15) is 8.42 Å². The Morgan fingerprint density at radius 3 is 2.70 bits per heavy atom. The lowest BCUT2D eigenvalue weighted by molar-refractivity contribution is 0.383. The van der Waals surface area contributed by atoms with Gasteiger partial charge in [0.25, 0.3) is 10.0 Å². The minimum atomic E-state index is -3.37. The third-order valence-electron chi connectivity index (χ3n) is 3.33. The van der Waals surface area contributed by atoms with Crippen LogP contribution in [0.4, 0.5) is 0 Å². The van der Waals surface area contributed by atoms with Gasteiger partial charge in [-0.25, -0.2) is 8.42 Å². The average molecular weight is 337 g/mol. The second-order valence-electron chi connectivity index (χ2n) is 4.85. The fourth-order valence-electron chi connectivity index (χ4n) is 1.80. The number of rotatable bonds is 8. The molecule has 116 valence electrons. The van der Waals surface area contributed by atoms with Crippen LogP contribution in [-0.4, -0.2) is 44.9 Å². The lowest BCUT2D eigenvalue weighted by Crippen LogP contribution is -2.35. The summed E-state index contributed by atoms with van der Waals surface area (Å²) in [6, 6.07) is 1.80. The Balaban J connectivity index is 2.95. The predicted molar refractivity (Wildman–Crippen MR) is 89.2 cm³/mol. The van der Waals surface area contributed by atoms with Gasteiger partial charge in [0, 0.05) is 24.5 Å². The number of thiophene rings is 1. The fraction of sp³-hybridized carbons (Fsp3) is 0.692. The van der Waals surface area contributed by atoms with Gasteiger partial charge in [0.2, 0.25) is 0 Å². The van der Waals surface area contributed by atoms with Crippen LogP contribution in [0.5, 0.6) is 0 Å². The summed E-state index contributed by atoms with van der Waals surface area (Å²) in [5.74, 6) is 0.968. The van der Waals surface area contributed by atoms with Crippen molar-refractivity contribution < 1.29 is 8.42 Å². The number of thioether (sulfide) groups is 1. The maximum absolute atomic E-state index is 12.6. The molecule has 0 radical (unpaired) electrons. The van der Waals surface area contributed by atoms with Crippen LogP contribution in [0.2, 0.25) is 0 Å². The molecule has 1 aromatic rings. The lowest BCUT2D eigenvalue weighted by Gasteiger charge is -2.23. The van der Waals surface area contributed by atoms with Crippen LogP contribution in [0, 0.1) is 6.92 Å². The van der Waals surface area contributed by atoms with Gasteiger partial charge in [0.15, 0.2) is 0 Å². The van der Waals surface area contributed by atoms with E-state index in [0.29, 0.717) is 10.8 Å². The molecule has 0 aliphatic heterocycles. The smallest absolute Gasteiger partial charge is 0.252 e. The summed E-state index contributed by atoms with van der Waals surface area (Å²) in [6.07, 6.45) is 2.90. The van der Waals surface area contributed by atoms with Gasteiger partial charge < -0.3 is 5.32 Å². The maximum atomic E-state index is 12.6. The molecule has 7 heteroatoms. The van der Waals surface area contributed by atoms with Gasteiger partial charge in [0.1, 0.15) is 4.21 Å². The van der Waals surface area contributed by atoms with Crippen molar-refractivity contribution in [2.45, 2.75) is 37.1 Å². The Kier molecular flexibility index (Phi) is 7.00. The Hall–Kier alpha value is -0.0800. The van der Waals surface area contributed by atoms with Crippen molar-refractivity contribution in [1.29, 1.82) is 0 Å². The second-order valence-corrected chi connectivity index (χ2v) is 9.20. The highest BCUT2D eigenvalue weighted by atomic mass is 32.2. The van der Waals surface area contributed by atoms with Crippen molar-refractivity contribution in [3.63, 3.8) is 0 Å². The molecule has 1 rings (SSSR count). The standard InChI is InChI=1S/C13H24N2O2S3/c1-10-8-13(19-12(10)9-14-3)20(16,17)15(4)11(2)6-7-18-5/h8,11,14H,6-7,9H2,1-5H3. The van der Waals surface area contributed by atoms with E-state index >= 15 is 0 Å². The normalized spacial score (nSPS) is 13.9. The van der Waals surface area contributed by atoms with Crippen LogP contribution in [0.25, 0.3) is 0 Å². The van der Waals surface area contributed by atoms with Gasteiger partial charge in [-0.15, -0.1) is 11.3 Å². The summed E-state index contributed by atoms with van der Waals surface area (Å²) >= 11 is 3.10. The first-order chi connectivity index (χ1) is 9.34.